The average molecular weight is 263 g/mol. The Morgan fingerprint density at radius 3 is 2.95 bits per heavy atom. The van der Waals surface area contributed by atoms with E-state index in [4.69, 9.17) is 20.6 Å². The number of rotatable bonds is 5. The number of benzene rings is 1. The maximum atomic E-state index is 7.59. The number of likely N-dealkylation sites (N-methyl/N-ethyl adjacent to an activating group) is 1. The van der Waals surface area contributed by atoms with Gasteiger partial charge in [0.15, 0.2) is 0 Å². The summed E-state index contributed by atoms with van der Waals surface area (Å²) in [5, 5.41) is 7.59. The van der Waals surface area contributed by atoms with Gasteiger partial charge in [-0.15, -0.1) is 0 Å². The number of hydrogen-bond acceptors (Lipinski definition) is 4. The van der Waals surface area contributed by atoms with E-state index >= 15 is 0 Å². The Morgan fingerprint density at radius 2 is 2.37 bits per heavy atom. The molecule has 1 aromatic rings. The molecule has 1 saturated heterocycles. The topological polar surface area (TPSA) is 71.6 Å². The van der Waals surface area contributed by atoms with E-state index in [2.05, 4.69) is 11.9 Å². The van der Waals surface area contributed by atoms with Crippen molar-refractivity contribution < 1.29 is 9.47 Å². The minimum absolute atomic E-state index is 0.0329. The van der Waals surface area contributed by atoms with Crippen LogP contribution in [0.15, 0.2) is 18.2 Å². The number of ether oxygens (including phenoxy) is 2. The normalized spacial score (nSPS) is 18.8. The van der Waals surface area contributed by atoms with E-state index in [0.717, 1.165) is 31.7 Å². The Hall–Kier alpha value is -1.59. The smallest absolute Gasteiger partial charge is 0.129 e. The fourth-order valence-corrected chi connectivity index (χ4v) is 2.35. The molecule has 1 aromatic carbocycles. The van der Waals surface area contributed by atoms with Crippen LogP contribution in [0.2, 0.25) is 0 Å². The first kappa shape index (κ1) is 13.8. The van der Waals surface area contributed by atoms with Gasteiger partial charge in [-0.05, 0) is 31.2 Å². The lowest BCUT2D eigenvalue weighted by atomic mass is 10.1. The second kappa shape index (κ2) is 6.04. The Morgan fingerprint density at radius 1 is 1.58 bits per heavy atom. The molecule has 0 radical (unpaired) electrons. The van der Waals surface area contributed by atoms with Crippen LogP contribution >= 0.6 is 0 Å². The lowest BCUT2D eigenvalue weighted by Gasteiger charge is -2.23. The van der Waals surface area contributed by atoms with E-state index in [1.807, 2.05) is 18.2 Å². The van der Waals surface area contributed by atoms with Crippen molar-refractivity contribution in [3.63, 3.8) is 0 Å². The summed E-state index contributed by atoms with van der Waals surface area (Å²) in [6.07, 6.45) is 1.08. The number of nitrogens with one attached hydrogen (secondary N) is 1. The van der Waals surface area contributed by atoms with Gasteiger partial charge in [-0.25, -0.2) is 0 Å². The number of amidine groups is 1. The molecular formula is C14H21N3O2. The highest BCUT2D eigenvalue weighted by Crippen LogP contribution is 2.21. The Balaban J connectivity index is 2.11. The van der Waals surface area contributed by atoms with Crippen molar-refractivity contribution in [1.29, 1.82) is 5.41 Å². The van der Waals surface area contributed by atoms with E-state index < -0.39 is 0 Å². The Bertz CT molecular complexity index is 456. The van der Waals surface area contributed by atoms with Crippen LogP contribution in [-0.2, 0) is 11.3 Å². The first-order valence-corrected chi connectivity index (χ1v) is 6.41. The predicted molar refractivity (Wildman–Crippen MR) is 74.7 cm³/mol. The zero-order valence-electron chi connectivity index (χ0n) is 11.5. The zero-order valence-corrected chi connectivity index (χ0v) is 11.5. The van der Waals surface area contributed by atoms with Crippen LogP contribution in [-0.4, -0.2) is 44.1 Å². The average Bonchev–Trinajstić information content (AvgIpc) is 2.92. The molecule has 5 heteroatoms. The lowest BCUT2D eigenvalue weighted by Crippen LogP contribution is -2.31. The molecule has 3 N–H and O–H groups in total. The molecule has 0 amide bonds. The van der Waals surface area contributed by atoms with Gasteiger partial charge in [0.1, 0.15) is 11.6 Å². The Labute approximate surface area is 113 Å². The van der Waals surface area contributed by atoms with Crippen molar-refractivity contribution in [2.24, 2.45) is 5.73 Å². The van der Waals surface area contributed by atoms with Gasteiger partial charge in [-0.1, -0.05) is 6.07 Å². The molecule has 1 fully saturated rings. The van der Waals surface area contributed by atoms with E-state index in [1.54, 1.807) is 7.11 Å². The highest BCUT2D eigenvalue weighted by molar-refractivity contribution is 5.97. The van der Waals surface area contributed by atoms with Crippen LogP contribution < -0.4 is 10.5 Å². The summed E-state index contributed by atoms with van der Waals surface area (Å²) >= 11 is 0. The molecular weight excluding hydrogens is 242 g/mol. The lowest BCUT2D eigenvalue weighted by molar-refractivity contribution is 0.156. The number of nitrogens with zero attached hydrogens (tertiary/aromatic N) is 1. The minimum atomic E-state index is 0.0329. The third-order valence-electron chi connectivity index (χ3n) is 3.52. The van der Waals surface area contributed by atoms with Crippen LogP contribution in [0, 0.1) is 5.41 Å². The van der Waals surface area contributed by atoms with Gasteiger partial charge in [0, 0.05) is 19.2 Å². The third-order valence-corrected chi connectivity index (χ3v) is 3.52. The van der Waals surface area contributed by atoms with Gasteiger partial charge in [0.05, 0.1) is 19.3 Å². The molecule has 0 aromatic heterocycles. The summed E-state index contributed by atoms with van der Waals surface area (Å²) < 4.78 is 10.6. The van der Waals surface area contributed by atoms with Gasteiger partial charge in [0.2, 0.25) is 0 Å². The fraction of sp³-hybridized carbons (Fsp3) is 0.500. The van der Waals surface area contributed by atoms with E-state index in [9.17, 15) is 0 Å². The van der Waals surface area contributed by atoms with E-state index in [-0.39, 0.29) is 5.84 Å². The van der Waals surface area contributed by atoms with Crippen molar-refractivity contribution in [1.82, 2.24) is 4.90 Å². The number of methoxy groups -OCH3 is 1. The molecule has 0 saturated carbocycles. The molecule has 2 rings (SSSR count). The molecule has 19 heavy (non-hydrogen) atoms. The molecule has 1 aliphatic rings. The van der Waals surface area contributed by atoms with Crippen molar-refractivity contribution >= 4 is 5.84 Å². The molecule has 104 valence electrons. The van der Waals surface area contributed by atoms with Gasteiger partial charge in [-0.2, -0.15) is 0 Å². The predicted octanol–water partition coefficient (Wildman–Crippen LogP) is 1.20. The maximum absolute atomic E-state index is 7.59. The Kier molecular flexibility index (Phi) is 4.39. The maximum Gasteiger partial charge on any atom is 0.129 e. The first-order chi connectivity index (χ1) is 9.11. The third kappa shape index (κ3) is 3.24. The van der Waals surface area contributed by atoms with Gasteiger partial charge in [-0.3, -0.25) is 10.3 Å². The summed E-state index contributed by atoms with van der Waals surface area (Å²) in [5.74, 6) is 0.675. The summed E-state index contributed by atoms with van der Waals surface area (Å²) in [5.41, 5.74) is 7.36. The van der Waals surface area contributed by atoms with Crippen molar-refractivity contribution in [3.8, 4) is 5.75 Å². The van der Waals surface area contributed by atoms with Crippen LogP contribution in [0.3, 0.4) is 0 Å². The highest BCUT2D eigenvalue weighted by Gasteiger charge is 2.20. The van der Waals surface area contributed by atoms with Gasteiger partial charge < -0.3 is 15.2 Å². The molecule has 1 unspecified atom stereocenters. The molecule has 1 atom stereocenters. The molecule has 1 heterocycles. The summed E-state index contributed by atoms with van der Waals surface area (Å²) in [6.45, 7) is 2.46. The zero-order chi connectivity index (χ0) is 13.8. The number of nitrogen functional groups attached to an aromatic ring is 1. The van der Waals surface area contributed by atoms with E-state index in [0.29, 0.717) is 17.4 Å². The number of nitrogens with two attached hydrogens (primary N) is 1. The van der Waals surface area contributed by atoms with Crippen LogP contribution in [0.5, 0.6) is 5.75 Å². The monoisotopic (exact) mass is 263 g/mol. The SMILES string of the molecule is COc1ccc(CN(C)C2CCOC2)cc1C(=N)N. The summed E-state index contributed by atoms with van der Waals surface area (Å²) in [4.78, 5) is 2.28. The second-order valence-corrected chi connectivity index (χ2v) is 4.88. The molecule has 1 aliphatic heterocycles. The molecule has 0 aliphatic carbocycles. The van der Waals surface area contributed by atoms with Crippen LogP contribution in [0.1, 0.15) is 17.5 Å². The van der Waals surface area contributed by atoms with Gasteiger partial charge in [0.25, 0.3) is 0 Å². The van der Waals surface area contributed by atoms with E-state index in [1.165, 1.54) is 0 Å². The standard InChI is InChI=1S/C14H21N3O2/c1-17(11-5-6-19-9-11)8-10-3-4-13(18-2)12(7-10)14(15)16/h3-4,7,11H,5-6,8-9H2,1-2H3,(H3,15,16). The van der Waals surface area contributed by atoms with Crippen molar-refractivity contribution in [2.45, 2.75) is 19.0 Å². The van der Waals surface area contributed by atoms with Crippen LogP contribution in [0.4, 0.5) is 0 Å². The van der Waals surface area contributed by atoms with Gasteiger partial charge >= 0.3 is 0 Å². The summed E-state index contributed by atoms with van der Waals surface area (Å²) in [7, 11) is 3.68. The second-order valence-electron chi connectivity index (χ2n) is 4.88. The highest BCUT2D eigenvalue weighted by atomic mass is 16.5. The first-order valence-electron chi connectivity index (χ1n) is 6.41. The quantitative estimate of drug-likeness (QED) is 0.618. The molecule has 0 bridgehead atoms. The fourth-order valence-electron chi connectivity index (χ4n) is 2.35. The molecule has 0 spiro atoms. The summed E-state index contributed by atoms with van der Waals surface area (Å²) in [6, 6.07) is 6.28. The number of hydrogen-bond donors (Lipinski definition) is 2. The molecule has 5 nitrogen and oxygen atoms in total. The largest absolute Gasteiger partial charge is 0.496 e. The van der Waals surface area contributed by atoms with Crippen molar-refractivity contribution in [3.05, 3.63) is 29.3 Å². The van der Waals surface area contributed by atoms with Crippen molar-refractivity contribution in [2.75, 3.05) is 27.4 Å². The van der Waals surface area contributed by atoms with Crippen LogP contribution in [0.25, 0.3) is 0 Å². The minimum Gasteiger partial charge on any atom is -0.496 e.